The zero-order valence-corrected chi connectivity index (χ0v) is 9.17. The van der Waals surface area contributed by atoms with E-state index < -0.39 is 29.6 Å². The quantitative estimate of drug-likeness (QED) is 0.697. The maximum atomic E-state index is 12.7. The minimum Gasteiger partial charge on any atom is -0.549 e. The van der Waals surface area contributed by atoms with E-state index >= 15 is 0 Å². The first-order valence-electron chi connectivity index (χ1n) is 5.16. The summed E-state index contributed by atoms with van der Waals surface area (Å²) in [7, 11) is 0. The molecule has 1 rings (SSSR count). The van der Waals surface area contributed by atoms with E-state index in [0.29, 0.717) is 12.8 Å². The summed E-state index contributed by atoms with van der Waals surface area (Å²) in [5, 5.41) is 10.7. The average molecular weight is 253 g/mol. The highest BCUT2D eigenvalue weighted by molar-refractivity contribution is 5.72. The van der Waals surface area contributed by atoms with Gasteiger partial charge in [0.15, 0.2) is 0 Å². The molecule has 0 heterocycles. The number of esters is 1. The summed E-state index contributed by atoms with van der Waals surface area (Å²) in [4.78, 5) is 21.6. The van der Waals surface area contributed by atoms with Crippen LogP contribution in [0, 0.1) is 5.92 Å². The molecule has 0 saturated heterocycles. The van der Waals surface area contributed by atoms with Gasteiger partial charge < -0.3 is 14.6 Å². The first kappa shape index (κ1) is 13.8. The molecule has 0 aromatic rings. The van der Waals surface area contributed by atoms with Gasteiger partial charge in [-0.25, -0.2) is 0 Å². The highest BCUT2D eigenvalue weighted by atomic mass is 19.4. The number of hydrogen-bond donors (Lipinski definition) is 0. The second kappa shape index (κ2) is 4.54. The molecule has 1 fully saturated rings. The van der Waals surface area contributed by atoms with Gasteiger partial charge in [-0.05, 0) is 25.7 Å². The molecule has 4 nitrogen and oxygen atoms in total. The number of halogens is 3. The minimum atomic E-state index is -4.99. The summed E-state index contributed by atoms with van der Waals surface area (Å²) < 4.78 is 42.8. The van der Waals surface area contributed by atoms with Crippen LogP contribution >= 0.6 is 0 Å². The number of ether oxygens (including phenoxy) is 1. The first-order chi connectivity index (χ1) is 7.69. The molecule has 98 valence electrons. The Bertz CT molecular complexity index is 318. The lowest BCUT2D eigenvalue weighted by molar-refractivity contribution is -0.338. The molecule has 1 atom stereocenters. The summed E-state index contributed by atoms with van der Waals surface area (Å²) in [6.07, 6.45) is -4.41. The van der Waals surface area contributed by atoms with E-state index in [-0.39, 0.29) is 12.8 Å². The van der Waals surface area contributed by atoms with E-state index in [4.69, 9.17) is 0 Å². The van der Waals surface area contributed by atoms with Crippen LogP contribution in [-0.4, -0.2) is 23.7 Å². The highest BCUT2D eigenvalue weighted by Gasteiger charge is 2.57. The van der Waals surface area contributed by atoms with Crippen molar-refractivity contribution in [3.8, 4) is 0 Å². The molecule has 7 heteroatoms. The third-order valence-electron chi connectivity index (χ3n) is 2.89. The van der Waals surface area contributed by atoms with Crippen LogP contribution in [0.25, 0.3) is 0 Å². The third kappa shape index (κ3) is 2.89. The van der Waals surface area contributed by atoms with Crippen molar-refractivity contribution in [3.05, 3.63) is 0 Å². The largest absolute Gasteiger partial charge is 0.549 e. The second-order valence-corrected chi connectivity index (χ2v) is 4.16. The van der Waals surface area contributed by atoms with Gasteiger partial charge in [0.05, 0.1) is 5.97 Å². The van der Waals surface area contributed by atoms with Crippen molar-refractivity contribution in [2.45, 2.75) is 44.4 Å². The standard InChI is InChI=1S/C10H13F3O4/c1-6(14)17-9(4-2-3-5-9)7(8(15)16)10(11,12)13/h7H,2-5H2,1H3,(H,15,16)/p-1. The summed E-state index contributed by atoms with van der Waals surface area (Å²) >= 11 is 0. The number of carboxylic acids is 1. The zero-order chi connectivity index (χ0) is 13.3. The van der Waals surface area contributed by atoms with Crippen molar-refractivity contribution >= 4 is 11.9 Å². The molecular weight excluding hydrogens is 241 g/mol. The van der Waals surface area contributed by atoms with Gasteiger partial charge in [0, 0.05) is 6.92 Å². The summed E-state index contributed by atoms with van der Waals surface area (Å²) in [5.41, 5.74) is -2.00. The fourth-order valence-electron chi connectivity index (χ4n) is 2.36. The molecule has 0 bridgehead atoms. The van der Waals surface area contributed by atoms with Crippen molar-refractivity contribution in [1.29, 1.82) is 0 Å². The molecule has 17 heavy (non-hydrogen) atoms. The molecule has 0 amide bonds. The fourth-order valence-corrected chi connectivity index (χ4v) is 2.36. The summed E-state index contributed by atoms with van der Waals surface area (Å²) in [5.74, 6) is -5.93. The van der Waals surface area contributed by atoms with Crippen LogP contribution in [-0.2, 0) is 14.3 Å². The Labute approximate surface area is 95.7 Å². The van der Waals surface area contributed by atoms with Crippen molar-refractivity contribution in [2.24, 2.45) is 5.92 Å². The maximum absolute atomic E-state index is 12.7. The van der Waals surface area contributed by atoms with E-state index in [9.17, 15) is 27.9 Å². The number of carbonyl (C=O) groups is 2. The van der Waals surface area contributed by atoms with Crippen LogP contribution in [0.3, 0.4) is 0 Å². The molecule has 0 spiro atoms. The second-order valence-electron chi connectivity index (χ2n) is 4.16. The molecule has 0 aliphatic heterocycles. The van der Waals surface area contributed by atoms with E-state index in [0.717, 1.165) is 6.92 Å². The van der Waals surface area contributed by atoms with Crippen LogP contribution in [0.2, 0.25) is 0 Å². The maximum Gasteiger partial charge on any atom is 0.400 e. The molecule has 1 unspecified atom stereocenters. The lowest BCUT2D eigenvalue weighted by Crippen LogP contribution is -2.55. The summed E-state index contributed by atoms with van der Waals surface area (Å²) in [6, 6.07) is 0. The van der Waals surface area contributed by atoms with Crippen molar-refractivity contribution < 1.29 is 32.6 Å². The normalized spacial score (nSPS) is 20.9. The number of hydrogen-bond acceptors (Lipinski definition) is 4. The number of alkyl halides is 3. The van der Waals surface area contributed by atoms with Gasteiger partial charge in [-0.1, -0.05) is 0 Å². The number of rotatable bonds is 3. The SMILES string of the molecule is CC(=O)OC1(C(C(=O)[O-])C(F)(F)F)CCCC1. The zero-order valence-electron chi connectivity index (χ0n) is 9.17. The predicted octanol–water partition coefficient (Wildman–Crippen LogP) is 0.791. The van der Waals surface area contributed by atoms with Crippen molar-refractivity contribution in [2.75, 3.05) is 0 Å². The van der Waals surface area contributed by atoms with Gasteiger partial charge in [-0.15, -0.1) is 0 Å². The third-order valence-corrected chi connectivity index (χ3v) is 2.89. The molecule has 0 N–H and O–H groups in total. The van der Waals surface area contributed by atoms with Crippen LogP contribution in [0.4, 0.5) is 13.2 Å². The highest BCUT2D eigenvalue weighted by Crippen LogP contribution is 2.46. The number of aliphatic carboxylic acids is 1. The Morgan fingerprint density at radius 2 is 1.76 bits per heavy atom. The Balaban J connectivity index is 3.10. The smallest absolute Gasteiger partial charge is 0.400 e. The van der Waals surface area contributed by atoms with E-state index in [1.807, 2.05) is 0 Å². The molecule has 0 aromatic heterocycles. The van der Waals surface area contributed by atoms with Gasteiger partial charge >= 0.3 is 12.1 Å². The van der Waals surface area contributed by atoms with Gasteiger partial charge in [-0.2, -0.15) is 13.2 Å². The van der Waals surface area contributed by atoms with Gasteiger partial charge in [-0.3, -0.25) is 4.79 Å². The Morgan fingerprint density at radius 3 is 2.06 bits per heavy atom. The molecular formula is C10H12F3O4-. The topological polar surface area (TPSA) is 66.4 Å². The molecule has 1 saturated carbocycles. The molecule has 0 radical (unpaired) electrons. The van der Waals surface area contributed by atoms with Crippen molar-refractivity contribution in [3.63, 3.8) is 0 Å². The number of carboxylic acid groups (broad SMARTS) is 1. The average Bonchev–Trinajstić information content (AvgIpc) is 2.47. The predicted molar refractivity (Wildman–Crippen MR) is 47.5 cm³/mol. The first-order valence-corrected chi connectivity index (χ1v) is 5.16. The van der Waals surface area contributed by atoms with E-state index in [1.54, 1.807) is 0 Å². The minimum absolute atomic E-state index is 0.106. The fraction of sp³-hybridized carbons (Fsp3) is 0.800. The lowest BCUT2D eigenvalue weighted by atomic mass is 9.85. The Kier molecular flexibility index (Phi) is 3.68. The van der Waals surface area contributed by atoms with Crippen LogP contribution in [0.15, 0.2) is 0 Å². The molecule has 1 aliphatic carbocycles. The Morgan fingerprint density at radius 1 is 1.29 bits per heavy atom. The summed E-state index contributed by atoms with van der Waals surface area (Å²) in [6.45, 7) is 0.961. The van der Waals surface area contributed by atoms with Crippen LogP contribution < -0.4 is 5.11 Å². The van der Waals surface area contributed by atoms with E-state index in [2.05, 4.69) is 4.74 Å². The van der Waals surface area contributed by atoms with Gasteiger partial charge in [0.25, 0.3) is 0 Å². The lowest BCUT2D eigenvalue weighted by Gasteiger charge is -2.38. The van der Waals surface area contributed by atoms with Crippen molar-refractivity contribution in [1.82, 2.24) is 0 Å². The monoisotopic (exact) mass is 253 g/mol. The Hall–Kier alpha value is -1.27. The van der Waals surface area contributed by atoms with E-state index in [1.165, 1.54) is 0 Å². The molecule has 0 aromatic carbocycles. The number of carbonyl (C=O) groups excluding carboxylic acids is 2. The van der Waals surface area contributed by atoms with Crippen LogP contribution in [0.1, 0.15) is 32.6 Å². The van der Waals surface area contributed by atoms with Crippen LogP contribution in [0.5, 0.6) is 0 Å². The van der Waals surface area contributed by atoms with Gasteiger partial charge in [0.2, 0.25) is 0 Å². The molecule has 1 aliphatic rings. The van der Waals surface area contributed by atoms with Gasteiger partial charge in [0.1, 0.15) is 11.5 Å².